The number of urea groups is 1. The van der Waals surface area contributed by atoms with Gasteiger partial charge >= 0.3 is 6.03 Å². The molecule has 3 aromatic rings. The van der Waals surface area contributed by atoms with Gasteiger partial charge in [0.1, 0.15) is 4.90 Å². The van der Waals surface area contributed by atoms with Gasteiger partial charge in [0.15, 0.2) is 0 Å². The summed E-state index contributed by atoms with van der Waals surface area (Å²) in [5.74, 6) is 0. The second-order valence-corrected chi connectivity index (χ2v) is 9.07. The van der Waals surface area contributed by atoms with Crippen molar-refractivity contribution >= 4 is 39.0 Å². The Morgan fingerprint density at radius 1 is 1.10 bits per heavy atom. The minimum Gasteiger partial charge on any atom is -0.335 e. The number of nitrogens with one attached hydrogen (secondary N) is 3. The van der Waals surface area contributed by atoms with Crippen LogP contribution in [0.25, 0.3) is 5.69 Å². The maximum atomic E-state index is 12.9. The topological polar surface area (TPSA) is 105 Å². The van der Waals surface area contributed by atoms with Crippen molar-refractivity contribution in [3.05, 3.63) is 65.4 Å². The van der Waals surface area contributed by atoms with Crippen LogP contribution in [0.5, 0.6) is 0 Å². The number of aromatic nitrogens is 2. The monoisotopic (exact) mass is 445 g/mol. The van der Waals surface area contributed by atoms with Gasteiger partial charge in [-0.3, -0.25) is 4.72 Å². The summed E-state index contributed by atoms with van der Waals surface area (Å²) in [4.78, 5) is 11.8. The molecule has 2 amide bonds. The zero-order valence-corrected chi connectivity index (χ0v) is 17.7. The molecule has 1 aliphatic carbocycles. The number of carbonyl (C=O) groups is 1. The molecule has 156 valence electrons. The van der Waals surface area contributed by atoms with Gasteiger partial charge in [-0.15, -0.1) is 0 Å². The normalized spacial score (nSPS) is 13.7. The number of benzene rings is 2. The van der Waals surface area contributed by atoms with Gasteiger partial charge in [0, 0.05) is 17.4 Å². The summed E-state index contributed by atoms with van der Waals surface area (Å²) in [5.41, 5.74) is 1.97. The van der Waals surface area contributed by atoms with Gasteiger partial charge in [-0.25, -0.2) is 17.9 Å². The van der Waals surface area contributed by atoms with E-state index >= 15 is 0 Å². The van der Waals surface area contributed by atoms with Crippen molar-refractivity contribution in [2.75, 3.05) is 10.0 Å². The lowest BCUT2D eigenvalue weighted by Crippen LogP contribution is -2.30. The SMILES string of the molecule is Cc1c(S(=O)(=O)Nc2ccc(NC(=O)NC3CC3)cc2)cnn1-c1ccccc1Cl. The smallest absolute Gasteiger partial charge is 0.319 e. The molecule has 30 heavy (non-hydrogen) atoms. The molecule has 0 spiro atoms. The van der Waals surface area contributed by atoms with E-state index in [1.54, 1.807) is 55.5 Å². The van der Waals surface area contributed by atoms with Crippen LogP contribution in [0, 0.1) is 6.92 Å². The van der Waals surface area contributed by atoms with Gasteiger partial charge in [-0.05, 0) is 56.2 Å². The average molecular weight is 446 g/mol. The molecule has 4 rings (SSSR count). The van der Waals surface area contributed by atoms with Crippen molar-refractivity contribution in [2.45, 2.75) is 30.7 Å². The Morgan fingerprint density at radius 2 is 1.77 bits per heavy atom. The van der Waals surface area contributed by atoms with Crippen LogP contribution < -0.4 is 15.4 Å². The number of hydrogen-bond donors (Lipinski definition) is 3. The summed E-state index contributed by atoms with van der Waals surface area (Å²) in [6, 6.07) is 13.5. The van der Waals surface area contributed by atoms with E-state index < -0.39 is 10.0 Å². The van der Waals surface area contributed by atoms with Crippen LogP contribution in [-0.4, -0.2) is 30.3 Å². The first-order valence-electron chi connectivity index (χ1n) is 9.33. The minimum atomic E-state index is -3.86. The molecule has 0 radical (unpaired) electrons. The highest BCUT2D eigenvalue weighted by Crippen LogP contribution is 2.26. The molecule has 3 N–H and O–H groups in total. The summed E-state index contributed by atoms with van der Waals surface area (Å²) >= 11 is 6.21. The number of carbonyl (C=O) groups excluding carboxylic acids is 1. The van der Waals surface area contributed by atoms with E-state index in [2.05, 4.69) is 20.5 Å². The first-order chi connectivity index (χ1) is 14.3. The first kappa shape index (κ1) is 20.2. The van der Waals surface area contributed by atoms with Crippen LogP contribution in [0.2, 0.25) is 5.02 Å². The van der Waals surface area contributed by atoms with Gasteiger partial charge in [0.25, 0.3) is 10.0 Å². The highest BCUT2D eigenvalue weighted by Gasteiger charge is 2.24. The number of amides is 2. The minimum absolute atomic E-state index is 0.0495. The van der Waals surface area contributed by atoms with E-state index in [9.17, 15) is 13.2 Å². The predicted octanol–water partition coefficient (Wildman–Crippen LogP) is 3.92. The van der Waals surface area contributed by atoms with E-state index in [1.165, 1.54) is 10.9 Å². The molecule has 8 nitrogen and oxygen atoms in total. The third-order valence-electron chi connectivity index (χ3n) is 4.64. The van der Waals surface area contributed by atoms with Crippen LogP contribution >= 0.6 is 11.6 Å². The van der Waals surface area contributed by atoms with Crippen molar-refractivity contribution in [1.82, 2.24) is 15.1 Å². The molecule has 0 unspecified atom stereocenters. The predicted molar refractivity (Wildman–Crippen MR) is 116 cm³/mol. The lowest BCUT2D eigenvalue weighted by Gasteiger charge is -2.10. The highest BCUT2D eigenvalue weighted by atomic mass is 35.5. The van der Waals surface area contributed by atoms with Crippen molar-refractivity contribution < 1.29 is 13.2 Å². The molecule has 1 saturated carbocycles. The number of rotatable bonds is 6. The van der Waals surface area contributed by atoms with Crippen LogP contribution in [0.3, 0.4) is 0 Å². The van der Waals surface area contributed by atoms with E-state index in [0.717, 1.165) is 12.8 Å². The number of nitrogens with zero attached hydrogens (tertiary/aromatic N) is 2. The Morgan fingerprint density at radius 3 is 2.43 bits per heavy atom. The molecule has 0 bridgehead atoms. The third kappa shape index (κ3) is 4.42. The maximum Gasteiger partial charge on any atom is 0.319 e. The van der Waals surface area contributed by atoms with Crippen molar-refractivity contribution in [3.63, 3.8) is 0 Å². The second-order valence-electron chi connectivity index (χ2n) is 7.01. The lowest BCUT2D eigenvalue weighted by molar-refractivity contribution is 0.251. The Kier molecular flexibility index (Phi) is 5.40. The third-order valence-corrected chi connectivity index (χ3v) is 6.45. The molecular weight excluding hydrogens is 426 g/mol. The molecular formula is C20H20ClN5O3S. The van der Waals surface area contributed by atoms with Gasteiger partial charge in [-0.1, -0.05) is 23.7 Å². The summed E-state index contributed by atoms with van der Waals surface area (Å²) in [5, 5.41) is 10.2. The van der Waals surface area contributed by atoms with E-state index in [1.807, 2.05) is 0 Å². The Bertz CT molecular complexity index is 1190. The number of halogens is 1. The molecule has 1 heterocycles. The van der Waals surface area contributed by atoms with Crippen molar-refractivity contribution in [1.29, 1.82) is 0 Å². The van der Waals surface area contributed by atoms with Crippen molar-refractivity contribution in [2.24, 2.45) is 0 Å². The molecule has 0 atom stereocenters. The van der Waals surface area contributed by atoms with Gasteiger partial charge < -0.3 is 10.6 Å². The van der Waals surface area contributed by atoms with Crippen molar-refractivity contribution in [3.8, 4) is 5.69 Å². The molecule has 10 heteroatoms. The molecule has 0 saturated heterocycles. The Hall–Kier alpha value is -3.04. The van der Waals surface area contributed by atoms with Gasteiger partial charge in [0.2, 0.25) is 0 Å². The molecule has 1 aliphatic rings. The number of hydrogen-bond acceptors (Lipinski definition) is 4. The Labute approximate surface area is 179 Å². The molecule has 1 aromatic heterocycles. The fraction of sp³-hybridized carbons (Fsp3) is 0.200. The second kappa shape index (κ2) is 8.00. The standard InChI is InChI=1S/C20H20ClN5O3S/c1-13-19(12-22-26(13)18-5-3-2-4-17(18)21)30(28,29)25-16-10-8-15(9-11-16)24-20(27)23-14-6-7-14/h2-5,8-12,14,25H,6-7H2,1H3,(H2,23,24,27). The zero-order chi connectivity index (χ0) is 21.3. The zero-order valence-electron chi connectivity index (χ0n) is 16.1. The van der Waals surface area contributed by atoms with Crippen LogP contribution in [0.15, 0.2) is 59.6 Å². The lowest BCUT2D eigenvalue weighted by atomic mass is 10.3. The van der Waals surface area contributed by atoms with E-state index in [-0.39, 0.29) is 17.0 Å². The quantitative estimate of drug-likeness (QED) is 0.534. The van der Waals surface area contributed by atoms with Crippen LogP contribution in [0.1, 0.15) is 18.5 Å². The highest BCUT2D eigenvalue weighted by molar-refractivity contribution is 7.92. The van der Waals surface area contributed by atoms with E-state index in [0.29, 0.717) is 27.8 Å². The summed E-state index contributed by atoms with van der Waals surface area (Å²) in [7, 11) is -3.86. The average Bonchev–Trinajstić information content (AvgIpc) is 3.42. The van der Waals surface area contributed by atoms with Gasteiger partial charge in [0.05, 0.1) is 22.6 Å². The fourth-order valence-corrected chi connectivity index (χ4v) is 4.37. The molecule has 1 fully saturated rings. The summed E-state index contributed by atoms with van der Waals surface area (Å²) in [6.45, 7) is 1.66. The molecule has 0 aliphatic heterocycles. The fourth-order valence-electron chi connectivity index (χ4n) is 2.94. The summed E-state index contributed by atoms with van der Waals surface area (Å²) in [6.07, 6.45) is 3.29. The van der Waals surface area contributed by atoms with Crippen LogP contribution in [-0.2, 0) is 10.0 Å². The van der Waals surface area contributed by atoms with Gasteiger partial charge in [-0.2, -0.15) is 5.10 Å². The summed E-state index contributed by atoms with van der Waals surface area (Å²) < 4.78 is 29.8. The largest absolute Gasteiger partial charge is 0.335 e. The van der Waals surface area contributed by atoms with Crippen LogP contribution in [0.4, 0.5) is 16.2 Å². The number of para-hydroxylation sites is 1. The maximum absolute atomic E-state index is 12.9. The molecule has 2 aromatic carbocycles. The van der Waals surface area contributed by atoms with E-state index in [4.69, 9.17) is 11.6 Å². The Balaban J connectivity index is 1.49. The number of anilines is 2. The number of sulfonamides is 1. The first-order valence-corrected chi connectivity index (χ1v) is 11.2.